The number of aryl methyl sites for hydroxylation is 1. The molecule has 0 amide bonds. The number of nitrogens with one attached hydrogen (secondary N) is 1. The van der Waals surface area contributed by atoms with Crippen molar-refractivity contribution >= 4 is 17.1 Å². The third-order valence-corrected chi connectivity index (χ3v) is 4.05. The fourth-order valence-electron chi connectivity index (χ4n) is 2.11. The molecule has 15 heavy (non-hydrogen) atoms. The lowest BCUT2D eigenvalue weighted by molar-refractivity contribution is 0.0957. The van der Waals surface area contributed by atoms with Gasteiger partial charge in [0.25, 0.3) is 0 Å². The molecule has 0 aliphatic carbocycles. The molecule has 0 aromatic carbocycles. The molecule has 0 bridgehead atoms. The van der Waals surface area contributed by atoms with Crippen molar-refractivity contribution < 1.29 is 4.79 Å². The Morgan fingerprint density at radius 3 is 3.13 bits per heavy atom. The van der Waals surface area contributed by atoms with E-state index in [2.05, 4.69) is 5.32 Å². The fourth-order valence-corrected chi connectivity index (χ4v) is 2.99. The number of carbonyl (C=O) groups excluding carboxylic acids is 1. The standard InChI is InChI=1S/C12H17NOS/c1-9-4-6-15-12(9)11(14)7-10-3-2-5-13-8-10/h4,6,10,13H,2-3,5,7-8H2,1H3. The van der Waals surface area contributed by atoms with Gasteiger partial charge >= 0.3 is 0 Å². The van der Waals surface area contributed by atoms with Crippen LogP contribution in [-0.4, -0.2) is 18.9 Å². The normalized spacial score (nSPS) is 21.5. The molecule has 1 atom stereocenters. The summed E-state index contributed by atoms with van der Waals surface area (Å²) in [6.07, 6.45) is 3.12. The van der Waals surface area contributed by atoms with Crippen LogP contribution in [0.25, 0.3) is 0 Å². The van der Waals surface area contributed by atoms with Gasteiger partial charge < -0.3 is 5.32 Å². The first-order valence-corrected chi connectivity index (χ1v) is 6.43. The maximum atomic E-state index is 12.0. The summed E-state index contributed by atoms with van der Waals surface area (Å²) in [6, 6.07) is 2.02. The number of piperidine rings is 1. The Balaban J connectivity index is 1.94. The highest BCUT2D eigenvalue weighted by atomic mass is 32.1. The fraction of sp³-hybridized carbons (Fsp3) is 0.583. The summed E-state index contributed by atoms with van der Waals surface area (Å²) in [5.41, 5.74) is 1.13. The molecule has 2 rings (SSSR count). The summed E-state index contributed by atoms with van der Waals surface area (Å²) < 4.78 is 0. The minimum absolute atomic E-state index is 0.330. The van der Waals surface area contributed by atoms with Crippen molar-refractivity contribution in [2.24, 2.45) is 5.92 Å². The van der Waals surface area contributed by atoms with Gasteiger partial charge in [0.05, 0.1) is 4.88 Å². The van der Waals surface area contributed by atoms with Gasteiger partial charge in [0.15, 0.2) is 5.78 Å². The van der Waals surface area contributed by atoms with Crippen LogP contribution in [0, 0.1) is 12.8 Å². The number of carbonyl (C=O) groups is 1. The minimum Gasteiger partial charge on any atom is -0.316 e. The molecule has 3 heteroatoms. The van der Waals surface area contributed by atoms with E-state index in [0.717, 1.165) is 23.5 Å². The minimum atomic E-state index is 0.330. The van der Waals surface area contributed by atoms with Crippen molar-refractivity contribution in [3.63, 3.8) is 0 Å². The topological polar surface area (TPSA) is 29.1 Å². The molecule has 0 saturated carbocycles. The van der Waals surface area contributed by atoms with Crippen LogP contribution in [0.3, 0.4) is 0 Å². The van der Waals surface area contributed by atoms with E-state index in [0.29, 0.717) is 18.1 Å². The van der Waals surface area contributed by atoms with E-state index < -0.39 is 0 Å². The lowest BCUT2D eigenvalue weighted by Crippen LogP contribution is -2.31. The van der Waals surface area contributed by atoms with E-state index in [9.17, 15) is 4.79 Å². The van der Waals surface area contributed by atoms with E-state index in [1.54, 1.807) is 11.3 Å². The Labute approximate surface area is 94.7 Å². The van der Waals surface area contributed by atoms with Crippen LogP contribution >= 0.6 is 11.3 Å². The first-order chi connectivity index (χ1) is 7.27. The van der Waals surface area contributed by atoms with Crippen LogP contribution in [0.5, 0.6) is 0 Å². The van der Waals surface area contributed by atoms with Crippen molar-refractivity contribution in [3.8, 4) is 0 Å². The molecule has 82 valence electrons. The molecule has 1 aliphatic rings. The van der Waals surface area contributed by atoms with Crippen LogP contribution in [0.2, 0.25) is 0 Å². The summed E-state index contributed by atoms with van der Waals surface area (Å²) >= 11 is 1.58. The van der Waals surface area contributed by atoms with E-state index in [-0.39, 0.29) is 0 Å². The molecule has 0 radical (unpaired) electrons. The van der Waals surface area contributed by atoms with Gasteiger partial charge in [-0.25, -0.2) is 0 Å². The molecular weight excluding hydrogens is 206 g/mol. The van der Waals surface area contributed by atoms with Crippen molar-refractivity contribution in [1.29, 1.82) is 0 Å². The zero-order valence-corrected chi connectivity index (χ0v) is 9.90. The van der Waals surface area contributed by atoms with Crippen molar-refractivity contribution in [2.45, 2.75) is 26.2 Å². The molecule has 1 unspecified atom stereocenters. The second-order valence-electron chi connectivity index (χ2n) is 4.27. The Morgan fingerprint density at radius 1 is 1.67 bits per heavy atom. The highest BCUT2D eigenvalue weighted by Gasteiger charge is 2.19. The van der Waals surface area contributed by atoms with Crippen molar-refractivity contribution in [1.82, 2.24) is 5.32 Å². The highest BCUT2D eigenvalue weighted by molar-refractivity contribution is 7.12. The summed E-state index contributed by atoms with van der Waals surface area (Å²) in [5, 5.41) is 5.35. The second-order valence-corrected chi connectivity index (χ2v) is 5.19. The summed E-state index contributed by atoms with van der Waals surface area (Å²) in [5.74, 6) is 0.879. The quantitative estimate of drug-likeness (QED) is 0.798. The Hall–Kier alpha value is -0.670. The number of hydrogen-bond acceptors (Lipinski definition) is 3. The van der Waals surface area contributed by atoms with Gasteiger partial charge in [0.1, 0.15) is 0 Å². The average Bonchev–Trinajstić information content (AvgIpc) is 2.66. The van der Waals surface area contributed by atoms with Gasteiger partial charge in [-0.3, -0.25) is 4.79 Å². The zero-order chi connectivity index (χ0) is 10.7. The predicted octanol–water partition coefficient (Wildman–Crippen LogP) is 2.63. The van der Waals surface area contributed by atoms with Gasteiger partial charge in [0.2, 0.25) is 0 Å². The van der Waals surface area contributed by atoms with E-state index in [1.165, 1.54) is 12.8 Å². The number of rotatable bonds is 3. The SMILES string of the molecule is Cc1ccsc1C(=O)CC1CCCNC1. The number of Topliss-reactive ketones (excluding diaryl/α,β-unsaturated/α-hetero) is 1. The van der Waals surface area contributed by atoms with Gasteiger partial charge in [0, 0.05) is 6.42 Å². The maximum Gasteiger partial charge on any atom is 0.173 e. The van der Waals surface area contributed by atoms with Gasteiger partial charge in [-0.15, -0.1) is 11.3 Å². The molecule has 1 aromatic heterocycles. The Morgan fingerprint density at radius 2 is 2.53 bits per heavy atom. The molecule has 1 fully saturated rings. The second kappa shape index (κ2) is 4.90. The summed E-state index contributed by atoms with van der Waals surface area (Å²) in [4.78, 5) is 12.9. The van der Waals surface area contributed by atoms with Crippen LogP contribution in [-0.2, 0) is 0 Å². The lowest BCUT2D eigenvalue weighted by Gasteiger charge is -2.21. The molecule has 1 N–H and O–H groups in total. The Kier molecular flexibility index (Phi) is 3.54. The molecule has 1 aliphatic heterocycles. The third-order valence-electron chi connectivity index (χ3n) is 2.99. The molecular formula is C12H17NOS. The predicted molar refractivity (Wildman–Crippen MR) is 63.6 cm³/mol. The smallest absolute Gasteiger partial charge is 0.173 e. The first-order valence-electron chi connectivity index (χ1n) is 5.55. The maximum absolute atomic E-state index is 12.0. The summed E-state index contributed by atoms with van der Waals surface area (Å²) in [6.45, 7) is 4.14. The first kappa shape index (κ1) is 10.8. The monoisotopic (exact) mass is 223 g/mol. The van der Waals surface area contributed by atoms with Gasteiger partial charge in [-0.2, -0.15) is 0 Å². The van der Waals surface area contributed by atoms with Crippen LogP contribution in [0.4, 0.5) is 0 Å². The van der Waals surface area contributed by atoms with Crippen molar-refractivity contribution in [2.75, 3.05) is 13.1 Å². The van der Waals surface area contributed by atoms with Gasteiger partial charge in [-0.05, 0) is 55.8 Å². The summed E-state index contributed by atoms with van der Waals surface area (Å²) in [7, 11) is 0. The van der Waals surface area contributed by atoms with E-state index >= 15 is 0 Å². The molecule has 2 nitrogen and oxygen atoms in total. The zero-order valence-electron chi connectivity index (χ0n) is 9.08. The van der Waals surface area contributed by atoms with Crippen molar-refractivity contribution in [3.05, 3.63) is 21.9 Å². The molecule has 1 aromatic rings. The van der Waals surface area contributed by atoms with Crippen LogP contribution in [0.1, 0.15) is 34.5 Å². The molecule has 2 heterocycles. The van der Waals surface area contributed by atoms with Crippen LogP contribution in [0.15, 0.2) is 11.4 Å². The number of thiophene rings is 1. The van der Waals surface area contributed by atoms with E-state index in [4.69, 9.17) is 0 Å². The molecule has 1 saturated heterocycles. The third kappa shape index (κ3) is 2.67. The number of hydrogen-bond donors (Lipinski definition) is 1. The molecule has 0 spiro atoms. The highest BCUT2D eigenvalue weighted by Crippen LogP contribution is 2.22. The van der Waals surface area contributed by atoms with Gasteiger partial charge in [-0.1, -0.05) is 0 Å². The lowest BCUT2D eigenvalue weighted by atomic mass is 9.93. The number of ketones is 1. The Bertz CT molecular complexity index is 339. The average molecular weight is 223 g/mol. The van der Waals surface area contributed by atoms with Crippen LogP contribution < -0.4 is 5.32 Å². The largest absolute Gasteiger partial charge is 0.316 e. The van der Waals surface area contributed by atoms with E-state index in [1.807, 2.05) is 18.4 Å².